The summed E-state index contributed by atoms with van der Waals surface area (Å²) in [5.74, 6) is 0. The summed E-state index contributed by atoms with van der Waals surface area (Å²) >= 11 is 0. The van der Waals surface area contributed by atoms with E-state index >= 15 is 0 Å². The summed E-state index contributed by atoms with van der Waals surface area (Å²) < 4.78 is 0. The van der Waals surface area contributed by atoms with Crippen LogP contribution < -0.4 is 0 Å². The fraction of sp³-hybridized carbons (Fsp3) is 0. The molecule has 3 heterocycles. The van der Waals surface area contributed by atoms with Gasteiger partial charge < -0.3 is 0 Å². The van der Waals surface area contributed by atoms with Gasteiger partial charge in [-0.15, -0.1) is 0 Å². The van der Waals surface area contributed by atoms with E-state index < -0.39 is 0 Å². The minimum Gasteiger partial charge on any atom is -0.254 e. The highest BCUT2D eigenvalue weighted by atomic mass is 14.8. The van der Waals surface area contributed by atoms with Gasteiger partial charge in [-0.1, -0.05) is 91.0 Å². The Morgan fingerprint density at radius 2 is 1.11 bits per heavy atom. The Balaban J connectivity index is 1.54. The topological polar surface area (TPSA) is 38.7 Å². The number of hydrogen-bond donors (Lipinski definition) is 0. The van der Waals surface area contributed by atoms with Crippen LogP contribution in [0.5, 0.6) is 0 Å². The van der Waals surface area contributed by atoms with E-state index in [2.05, 4.69) is 108 Å². The van der Waals surface area contributed by atoms with Gasteiger partial charge in [0.2, 0.25) is 0 Å². The molecule has 3 nitrogen and oxygen atoms in total. The van der Waals surface area contributed by atoms with E-state index in [0.717, 1.165) is 54.9 Å². The molecule has 166 valence electrons. The van der Waals surface area contributed by atoms with Crippen LogP contribution in [0.15, 0.2) is 115 Å². The van der Waals surface area contributed by atoms with Crippen molar-refractivity contribution in [2.45, 2.75) is 0 Å². The van der Waals surface area contributed by atoms with Gasteiger partial charge in [0.05, 0.1) is 27.8 Å². The molecule has 0 unspecified atom stereocenters. The van der Waals surface area contributed by atoms with E-state index in [1.807, 2.05) is 12.3 Å². The maximum atomic E-state index is 5.28. The standard InChI is InChI=1S/C33H19N3/c1-2-10-23-21(8-1)18-28(25-12-4-3-11-24(23)25)32-26-13-5-6-14-27(26)33-29(35-32)19-22-16-15-20-9-7-17-34-30(20)31(22)36-33/h1-19H. The van der Waals surface area contributed by atoms with Crippen LogP contribution in [0.2, 0.25) is 0 Å². The quantitative estimate of drug-likeness (QED) is 0.183. The first kappa shape index (κ1) is 19.4. The zero-order chi connectivity index (χ0) is 23.6. The normalized spacial score (nSPS) is 11.9. The Kier molecular flexibility index (Phi) is 3.94. The SMILES string of the molecule is c1ccc2c(c1)cc(-c1nc3cc4ccc5cccnc5c4nc3c3ccccc13)c1ccccc12. The summed E-state index contributed by atoms with van der Waals surface area (Å²) in [5.41, 5.74) is 5.76. The third-order valence-corrected chi connectivity index (χ3v) is 7.23. The highest BCUT2D eigenvalue weighted by molar-refractivity contribution is 6.19. The summed E-state index contributed by atoms with van der Waals surface area (Å²) in [6.07, 6.45) is 1.83. The molecule has 0 aliphatic heterocycles. The van der Waals surface area contributed by atoms with Crippen molar-refractivity contribution in [3.8, 4) is 11.3 Å². The lowest BCUT2D eigenvalue weighted by Gasteiger charge is -2.14. The minimum atomic E-state index is 0.892. The molecule has 0 fully saturated rings. The molecule has 3 aromatic heterocycles. The van der Waals surface area contributed by atoms with Crippen LogP contribution >= 0.6 is 0 Å². The molecular formula is C33H19N3. The van der Waals surface area contributed by atoms with Crippen molar-refractivity contribution in [3.63, 3.8) is 0 Å². The first-order valence-electron chi connectivity index (χ1n) is 12.1. The van der Waals surface area contributed by atoms with E-state index in [0.29, 0.717) is 0 Å². The smallest absolute Gasteiger partial charge is 0.0974 e. The maximum Gasteiger partial charge on any atom is 0.0974 e. The van der Waals surface area contributed by atoms with Crippen LogP contribution in [-0.4, -0.2) is 15.0 Å². The fourth-order valence-electron chi connectivity index (χ4n) is 5.58. The molecule has 0 bridgehead atoms. The third kappa shape index (κ3) is 2.71. The first-order chi connectivity index (χ1) is 17.8. The summed E-state index contributed by atoms with van der Waals surface area (Å²) in [7, 11) is 0. The molecule has 0 radical (unpaired) electrons. The van der Waals surface area contributed by atoms with Crippen molar-refractivity contribution in [1.82, 2.24) is 15.0 Å². The lowest BCUT2D eigenvalue weighted by Crippen LogP contribution is -1.94. The molecule has 0 N–H and O–H groups in total. The van der Waals surface area contributed by atoms with E-state index in [-0.39, 0.29) is 0 Å². The highest BCUT2D eigenvalue weighted by Crippen LogP contribution is 2.39. The molecule has 0 spiro atoms. The summed E-state index contributed by atoms with van der Waals surface area (Å²) in [5, 5.41) is 9.26. The monoisotopic (exact) mass is 457 g/mol. The number of aromatic nitrogens is 3. The zero-order valence-corrected chi connectivity index (χ0v) is 19.3. The van der Waals surface area contributed by atoms with E-state index in [1.165, 1.54) is 21.5 Å². The van der Waals surface area contributed by atoms with Crippen LogP contribution in [0.1, 0.15) is 0 Å². The lowest BCUT2D eigenvalue weighted by atomic mass is 9.93. The molecule has 0 aliphatic carbocycles. The number of pyridine rings is 3. The van der Waals surface area contributed by atoms with Gasteiger partial charge in [0.15, 0.2) is 0 Å². The van der Waals surface area contributed by atoms with Crippen LogP contribution in [0, 0.1) is 0 Å². The Hall–Kier alpha value is -4.89. The second-order valence-corrected chi connectivity index (χ2v) is 9.27. The van der Waals surface area contributed by atoms with Crippen molar-refractivity contribution < 1.29 is 0 Å². The van der Waals surface area contributed by atoms with Crippen molar-refractivity contribution in [2.24, 2.45) is 0 Å². The first-order valence-corrected chi connectivity index (χ1v) is 12.1. The summed E-state index contributed by atoms with van der Waals surface area (Å²) in [6, 6.07) is 38.4. The third-order valence-electron chi connectivity index (χ3n) is 7.23. The number of nitrogens with zero attached hydrogens (tertiary/aromatic N) is 3. The second kappa shape index (κ2) is 7.30. The number of benzene rings is 5. The van der Waals surface area contributed by atoms with Crippen molar-refractivity contribution in [3.05, 3.63) is 115 Å². The van der Waals surface area contributed by atoms with E-state index in [9.17, 15) is 0 Å². The predicted molar refractivity (Wildman–Crippen MR) is 150 cm³/mol. The summed E-state index contributed by atoms with van der Waals surface area (Å²) in [4.78, 5) is 15.1. The molecule has 0 aliphatic rings. The zero-order valence-electron chi connectivity index (χ0n) is 19.3. The lowest BCUT2D eigenvalue weighted by molar-refractivity contribution is 1.38. The second-order valence-electron chi connectivity index (χ2n) is 9.27. The molecule has 0 saturated carbocycles. The van der Waals surface area contributed by atoms with E-state index in [1.54, 1.807) is 0 Å². The van der Waals surface area contributed by atoms with Gasteiger partial charge in [-0.3, -0.25) is 4.98 Å². The minimum absolute atomic E-state index is 0.892. The number of hydrogen-bond acceptors (Lipinski definition) is 3. The van der Waals surface area contributed by atoms with Gasteiger partial charge in [-0.05, 0) is 39.7 Å². The van der Waals surface area contributed by atoms with Crippen molar-refractivity contribution in [2.75, 3.05) is 0 Å². The maximum absolute atomic E-state index is 5.28. The van der Waals surface area contributed by atoms with Gasteiger partial charge >= 0.3 is 0 Å². The predicted octanol–water partition coefficient (Wildman–Crippen LogP) is 8.46. The Morgan fingerprint density at radius 1 is 0.417 bits per heavy atom. The fourth-order valence-corrected chi connectivity index (χ4v) is 5.58. The molecule has 36 heavy (non-hydrogen) atoms. The Labute approximate surface area is 206 Å². The molecule has 0 saturated heterocycles. The average Bonchev–Trinajstić information content (AvgIpc) is 2.95. The number of rotatable bonds is 1. The van der Waals surface area contributed by atoms with Crippen LogP contribution in [-0.2, 0) is 0 Å². The largest absolute Gasteiger partial charge is 0.254 e. The summed E-state index contributed by atoms with van der Waals surface area (Å²) in [6.45, 7) is 0. The van der Waals surface area contributed by atoms with Crippen LogP contribution in [0.3, 0.4) is 0 Å². The van der Waals surface area contributed by atoms with Gasteiger partial charge in [0.25, 0.3) is 0 Å². The highest BCUT2D eigenvalue weighted by Gasteiger charge is 2.16. The van der Waals surface area contributed by atoms with Gasteiger partial charge in [0.1, 0.15) is 0 Å². The van der Waals surface area contributed by atoms with Crippen LogP contribution in [0.25, 0.3) is 76.4 Å². The van der Waals surface area contributed by atoms with Gasteiger partial charge in [-0.2, -0.15) is 0 Å². The Morgan fingerprint density at radius 3 is 2.00 bits per heavy atom. The average molecular weight is 458 g/mol. The van der Waals surface area contributed by atoms with Gasteiger partial charge in [-0.25, -0.2) is 9.97 Å². The molecule has 0 atom stereocenters. The molecular weight excluding hydrogens is 438 g/mol. The molecule has 5 aromatic carbocycles. The van der Waals surface area contributed by atoms with Gasteiger partial charge in [0, 0.05) is 33.3 Å². The van der Waals surface area contributed by atoms with Crippen molar-refractivity contribution >= 4 is 65.2 Å². The van der Waals surface area contributed by atoms with Crippen LogP contribution in [0.4, 0.5) is 0 Å². The van der Waals surface area contributed by atoms with Crippen molar-refractivity contribution in [1.29, 1.82) is 0 Å². The molecule has 0 amide bonds. The molecule has 8 rings (SSSR count). The molecule has 8 aromatic rings. The Bertz CT molecular complexity index is 2160. The number of fused-ring (bicyclic) bond motifs is 9. The van der Waals surface area contributed by atoms with E-state index in [4.69, 9.17) is 9.97 Å². The molecule has 3 heteroatoms.